The summed E-state index contributed by atoms with van der Waals surface area (Å²) in [6.07, 6.45) is 0. The van der Waals surface area contributed by atoms with E-state index >= 15 is 0 Å². The number of nitro benzene ring substituents is 1. The molecule has 2 aromatic carbocycles. The summed E-state index contributed by atoms with van der Waals surface area (Å²) in [6, 6.07) is 13.5. The minimum atomic E-state index is -0.688. The Balaban J connectivity index is 1.97. The fraction of sp³-hybridized carbons (Fsp3) is 0.133. The summed E-state index contributed by atoms with van der Waals surface area (Å²) in [7, 11) is 0. The van der Waals surface area contributed by atoms with E-state index in [4.69, 9.17) is 10.5 Å². The van der Waals surface area contributed by atoms with Gasteiger partial charge >= 0.3 is 0 Å². The van der Waals surface area contributed by atoms with Gasteiger partial charge < -0.3 is 10.5 Å². The molecule has 0 aliphatic carbocycles. The number of hydrogen-bond acceptors (Lipinski definition) is 5. The molecule has 22 heavy (non-hydrogen) atoms. The number of benzene rings is 2. The quantitative estimate of drug-likeness (QED) is 0.366. The molecule has 2 rings (SSSR count). The Labute approximate surface area is 131 Å². The van der Waals surface area contributed by atoms with E-state index in [1.54, 1.807) is 0 Å². The smallest absolute Gasteiger partial charge is 0.283 e. The Hall–Kier alpha value is -2.54. The first-order valence-electron chi connectivity index (χ1n) is 6.47. The fourth-order valence-electron chi connectivity index (χ4n) is 1.76. The van der Waals surface area contributed by atoms with Crippen molar-refractivity contribution in [3.05, 3.63) is 64.2 Å². The normalized spacial score (nSPS) is 10.2. The Kier molecular flexibility index (Phi) is 5.37. The number of hydrogen-bond donors (Lipinski definition) is 1. The van der Waals surface area contributed by atoms with Gasteiger partial charge in [-0.3, -0.25) is 14.9 Å². The summed E-state index contributed by atoms with van der Waals surface area (Å²) < 4.78 is 5.53. The largest absolute Gasteiger partial charge is 0.493 e. The van der Waals surface area contributed by atoms with Crippen LogP contribution in [0.1, 0.15) is 10.4 Å². The Morgan fingerprint density at radius 3 is 2.59 bits per heavy atom. The van der Waals surface area contributed by atoms with Crippen molar-refractivity contribution in [2.24, 2.45) is 5.73 Å². The lowest BCUT2D eigenvalue weighted by Crippen LogP contribution is -2.11. The monoisotopic (exact) mass is 318 g/mol. The van der Waals surface area contributed by atoms with Gasteiger partial charge in [0.2, 0.25) is 5.91 Å². The summed E-state index contributed by atoms with van der Waals surface area (Å²) in [5, 5.41) is 11.1. The molecule has 1 amide bonds. The first kappa shape index (κ1) is 15.8. The van der Waals surface area contributed by atoms with E-state index in [0.717, 1.165) is 5.75 Å². The fourth-order valence-corrected chi connectivity index (χ4v) is 2.60. The molecule has 0 saturated carbocycles. The van der Waals surface area contributed by atoms with Crippen LogP contribution in [0.5, 0.6) is 5.75 Å². The zero-order valence-electron chi connectivity index (χ0n) is 11.6. The number of thioether (sulfide) groups is 1. The van der Waals surface area contributed by atoms with Gasteiger partial charge in [-0.25, -0.2) is 0 Å². The Morgan fingerprint density at radius 2 is 1.95 bits per heavy atom. The van der Waals surface area contributed by atoms with E-state index in [0.29, 0.717) is 17.3 Å². The van der Waals surface area contributed by atoms with Crippen LogP contribution in [0.4, 0.5) is 5.69 Å². The van der Waals surface area contributed by atoms with Gasteiger partial charge in [0.1, 0.15) is 5.75 Å². The number of para-hydroxylation sites is 1. The van der Waals surface area contributed by atoms with E-state index in [1.807, 2.05) is 30.3 Å². The Bertz CT molecular complexity index is 676. The second kappa shape index (κ2) is 7.46. The third-order valence-electron chi connectivity index (χ3n) is 2.79. The average molecular weight is 318 g/mol. The van der Waals surface area contributed by atoms with Gasteiger partial charge in [-0.1, -0.05) is 18.2 Å². The highest BCUT2D eigenvalue weighted by molar-refractivity contribution is 7.99. The van der Waals surface area contributed by atoms with Crippen LogP contribution in [0.2, 0.25) is 0 Å². The highest BCUT2D eigenvalue weighted by Crippen LogP contribution is 2.30. The summed E-state index contributed by atoms with van der Waals surface area (Å²) in [5.74, 6) is 0.611. The standard InChI is InChI=1S/C15H14N2O4S/c16-15(18)11-6-7-14(13(10-11)17(19)20)22-9-8-21-12-4-2-1-3-5-12/h1-7,10H,8-9H2,(H2,16,18). The van der Waals surface area contributed by atoms with Gasteiger partial charge in [0.05, 0.1) is 16.4 Å². The molecule has 0 spiro atoms. The van der Waals surface area contributed by atoms with Crippen molar-refractivity contribution < 1.29 is 14.5 Å². The van der Waals surface area contributed by atoms with Gasteiger partial charge in [-0.05, 0) is 24.3 Å². The minimum absolute atomic E-state index is 0.122. The van der Waals surface area contributed by atoms with Gasteiger partial charge in [0.25, 0.3) is 5.69 Å². The molecule has 0 heterocycles. The molecule has 6 nitrogen and oxygen atoms in total. The lowest BCUT2D eigenvalue weighted by atomic mass is 10.2. The van der Waals surface area contributed by atoms with Crippen molar-refractivity contribution >= 4 is 23.4 Å². The second-order valence-electron chi connectivity index (χ2n) is 4.31. The van der Waals surface area contributed by atoms with Crippen LogP contribution in [0.3, 0.4) is 0 Å². The number of nitro groups is 1. The van der Waals surface area contributed by atoms with Gasteiger partial charge in [0, 0.05) is 17.4 Å². The van der Waals surface area contributed by atoms with Crippen LogP contribution in [0, 0.1) is 10.1 Å². The number of amides is 1. The third kappa shape index (κ3) is 4.23. The number of rotatable bonds is 7. The molecule has 114 valence electrons. The molecule has 0 fully saturated rings. The Morgan fingerprint density at radius 1 is 1.23 bits per heavy atom. The zero-order chi connectivity index (χ0) is 15.9. The lowest BCUT2D eigenvalue weighted by molar-refractivity contribution is -0.387. The summed E-state index contributed by atoms with van der Waals surface area (Å²) >= 11 is 1.30. The first-order valence-corrected chi connectivity index (χ1v) is 7.45. The lowest BCUT2D eigenvalue weighted by Gasteiger charge is -2.06. The maximum Gasteiger partial charge on any atom is 0.283 e. The van der Waals surface area contributed by atoms with Crippen LogP contribution in [0.25, 0.3) is 0 Å². The molecule has 0 bridgehead atoms. The van der Waals surface area contributed by atoms with E-state index in [9.17, 15) is 14.9 Å². The van der Waals surface area contributed by atoms with Crippen molar-refractivity contribution in [3.8, 4) is 5.75 Å². The van der Waals surface area contributed by atoms with Crippen LogP contribution >= 0.6 is 11.8 Å². The molecular formula is C15H14N2O4S. The van der Waals surface area contributed by atoms with Crippen molar-refractivity contribution in [2.75, 3.05) is 12.4 Å². The molecule has 0 aromatic heterocycles. The van der Waals surface area contributed by atoms with Crippen molar-refractivity contribution in [1.82, 2.24) is 0 Å². The third-order valence-corrected chi connectivity index (χ3v) is 3.82. The maximum atomic E-state index is 11.1. The summed E-state index contributed by atoms with van der Waals surface area (Å²) in [4.78, 5) is 22.1. The van der Waals surface area contributed by atoms with E-state index < -0.39 is 10.8 Å². The summed E-state index contributed by atoms with van der Waals surface area (Å²) in [5.41, 5.74) is 5.13. The van der Waals surface area contributed by atoms with Gasteiger partial charge in [-0.15, -0.1) is 11.8 Å². The van der Waals surface area contributed by atoms with E-state index in [2.05, 4.69) is 0 Å². The molecular weight excluding hydrogens is 304 g/mol. The van der Waals surface area contributed by atoms with Crippen LogP contribution in [0.15, 0.2) is 53.4 Å². The van der Waals surface area contributed by atoms with Crippen LogP contribution in [-0.4, -0.2) is 23.2 Å². The molecule has 0 aliphatic rings. The number of carbonyl (C=O) groups excluding carboxylic acids is 1. The zero-order valence-corrected chi connectivity index (χ0v) is 12.4. The van der Waals surface area contributed by atoms with Gasteiger partial charge in [0.15, 0.2) is 0 Å². The number of nitrogens with two attached hydrogens (primary N) is 1. The predicted octanol–water partition coefficient (Wildman–Crippen LogP) is 2.86. The van der Waals surface area contributed by atoms with Crippen LogP contribution in [-0.2, 0) is 0 Å². The molecule has 2 aromatic rings. The van der Waals surface area contributed by atoms with E-state index in [1.165, 1.54) is 30.0 Å². The molecule has 0 aliphatic heterocycles. The van der Waals surface area contributed by atoms with Crippen molar-refractivity contribution in [1.29, 1.82) is 0 Å². The second-order valence-corrected chi connectivity index (χ2v) is 5.45. The number of nitrogens with zero attached hydrogens (tertiary/aromatic N) is 1. The highest BCUT2D eigenvalue weighted by atomic mass is 32.2. The predicted molar refractivity (Wildman–Crippen MR) is 84.3 cm³/mol. The minimum Gasteiger partial charge on any atom is -0.493 e. The first-order chi connectivity index (χ1) is 10.6. The number of carbonyl (C=O) groups is 1. The SMILES string of the molecule is NC(=O)c1ccc(SCCOc2ccccc2)c([N+](=O)[O-])c1. The molecule has 2 N–H and O–H groups in total. The van der Waals surface area contributed by atoms with Crippen LogP contribution < -0.4 is 10.5 Å². The molecule has 0 unspecified atom stereocenters. The molecule has 0 radical (unpaired) electrons. The van der Waals surface area contributed by atoms with Crippen molar-refractivity contribution in [3.63, 3.8) is 0 Å². The summed E-state index contributed by atoms with van der Waals surface area (Å²) in [6.45, 7) is 0.420. The number of primary amides is 1. The molecule has 0 atom stereocenters. The average Bonchev–Trinajstić information content (AvgIpc) is 2.52. The molecule has 7 heteroatoms. The number of ether oxygens (including phenoxy) is 1. The highest BCUT2D eigenvalue weighted by Gasteiger charge is 2.16. The van der Waals surface area contributed by atoms with E-state index in [-0.39, 0.29) is 11.3 Å². The maximum absolute atomic E-state index is 11.1. The van der Waals surface area contributed by atoms with Crippen molar-refractivity contribution in [2.45, 2.75) is 4.90 Å². The molecule has 0 saturated heterocycles. The topological polar surface area (TPSA) is 95.5 Å². The van der Waals surface area contributed by atoms with Gasteiger partial charge in [-0.2, -0.15) is 0 Å².